The molecule has 0 rings (SSSR count). The van der Waals surface area contributed by atoms with Crippen molar-refractivity contribution < 1.29 is 19.3 Å². The van der Waals surface area contributed by atoms with Gasteiger partial charge in [-0.3, -0.25) is 4.89 Å². The molecule has 0 N–H and O–H groups in total. The van der Waals surface area contributed by atoms with Gasteiger partial charge in [0, 0.05) is 0 Å². The van der Waals surface area contributed by atoms with Crippen molar-refractivity contribution in [1.29, 1.82) is 0 Å². The summed E-state index contributed by atoms with van der Waals surface area (Å²) in [6, 6.07) is 0. The van der Waals surface area contributed by atoms with Gasteiger partial charge in [-0.2, -0.15) is 4.89 Å². The first-order valence-electron chi connectivity index (χ1n) is 8.29. The Bertz CT molecular complexity index is 339. The van der Waals surface area contributed by atoms with E-state index in [9.17, 15) is 4.79 Å². The second kappa shape index (κ2) is 8.19. The molecule has 0 aliphatic rings. The zero-order valence-electron chi connectivity index (χ0n) is 16.0. The highest BCUT2D eigenvalue weighted by molar-refractivity contribution is 5.58. The van der Waals surface area contributed by atoms with Gasteiger partial charge in [-0.15, -0.1) is 0 Å². The van der Waals surface area contributed by atoms with E-state index in [0.717, 1.165) is 19.3 Å². The van der Waals surface area contributed by atoms with Crippen LogP contribution in [0.5, 0.6) is 0 Å². The molecule has 1 atom stereocenters. The second-order valence-electron chi connectivity index (χ2n) is 9.05. The van der Waals surface area contributed by atoms with Crippen LogP contribution < -0.4 is 0 Å². The predicted octanol–water partition coefficient (Wildman–Crippen LogP) is 5.75. The van der Waals surface area contributed by atoms with E-state index < -0.39 is 11.8 Å². The zero-order chi connectivity index (χ0) is 17.6. The first-order valence-corrected chi connectivity index (χ1v) is 8.29. The molecule has 0 aliphatic heterocycles. The lowest BCUT2D eigenvalue weighted by Crippen LogP contribution is -2.32. The number of hydrogen-bond acceptors (Lipinski definition) is 4. The molecule has 0 heterocycles. The van der Waals surface area contributed by atoms with Gasteiger partial charge >= 0.3 is 6.16 Å². The van der Waals surface area contributed by atoms with Crippen molar-refractivity contribution in [3.05, 3.63) is 0 Å². The van der Waals surface area contributed by atoms with Gasteiger partial charge in [0.25, 0.3) is 0 Å². The molecule has 0 bridgehead atoms. The Morgan fingerprint density at radius 3 is 2.05 bits per heavy atom. The zero-order valence-corrected chi connectivity index (χ0v) is 16.0. The van der Waals surface area contributed by atoms with Crippen LogP contribution in [0.4, 0.5) is 4.79 Å². The number of carbonyl (C=O) groups is 1. The first kappa shape index (κ1) is 21.2. The van der Waals surface area contributed by atoms with Crippen LogP contribution >= 0.6 is 0 Å². The fourth-order valence-electron chi connectivity index (χ4n) is 2.79. The number of rotatable bonds is 8. The van der Waals surface area contributed by atoms with E-state index in [2.05, 4.69) is 48.5 Å². The lowest BCUT2D eigenvalue weighted by molar-refractivity contribution is -0.323. The predicted molar refractivity (Wildman–Crippen MR) is 89.5 cm³/mol. The molecule has 0 amide bonds. The Kier molecular flexibility index (Phi) is 7.90. The van der Waals surface area contributed by atoms with E-state index >= 15 is 0 Å². The number of carbonyl (C=O) groups excluding carboxylic acids is 1. The van der Waals surface area contributed by atoms with Crippen LogP contribution in [0.15, 0.2) is 0 Å². The first-order chi connectivity index (χ1) is 9.76. The summed E-state index contributed by atoms with van der Waals surface area (Å²) in [7, 11) is 0. The molecule has 1 unspecified atom stereocenters. The Labute approximate surface area is 136 Å². The minimum absolute atomic E-state index is 0.137. The van der Waals surface area contributed by atoms with Gasteiger partial charge in [-0.25, -0.2) is 4.79 Å². The summed E-state index contributed by atoms with van der Waals surface area (Å²) in [5.74, 6) is 0.291. The third-order valence-electron chi connectivity index (χ3n) is 3.64. The van der Waals surface area contributed by atoms with Crippen molar-refractivity contribution in [1.82, 2.24) is 0 Å². The Morgan fingerprint density at radius 1 is 1.05 bits per heavy atom. The fraction of sp³-hybridized carbons (Fsp3) is 0.944. The molecule has 22 heavy (non-hydrogen) atoms. The normalized spacial score (nSPS) is 14.6. The van der Waals surface area contributed by atoms with E-state index in [-0.39, 0.29) is 10.8 Å². The van der Waals surface area contributed by atoms with Crippen molar-refractivity contribution in [3.8, 4) is 0 Å². The largest absolute Gasteiger partial charge is 0.540 e. The molecule has 0 spiro atoms. The molecule has 4 nitrogen and oxygen atoms in total. The van der Waals surface area contributed by atoms with Crippen LogP contribution in [-0.2, 0) is 14.5 Å². The fourth-order valence-corrected chi connectivity index (χ4v) is 2.79. The van der Waals surface area contributed by atoms with Gasteiger partial charge in [-0.05, 0) is 43.4 Å². The van der Waals surface area contributed by atoms with Gasteiger partial charge in [0.2, 0.25) is 0 Å². The Morgan fingerprint density at radius 2 is 1.59 bits per heavy atom. The summed E-state index contributed by atoms with van der Waals surface area (Å²) < 4.78 is 5.12. The van der Waals surface area contributed by atoms with Crippen molar-refractivity contribution in [2.75, 3.05) is 6.61 Å². The van der Waals surface area contributed by atoms with Crippen LogP contribution in [0.1, 0.15) is 81.6 Å². The SMILES string of the molecule is CCC(C)(C)CC(C)(C)OOC(=O)OCC(C)CC(C)(C)C. The maximum Gasteiger partial charge on any atom is 0.540 e. The van der Waals surface area contributed by atoms with Gasteiger partial charge in [-0.1, -0.05) is 54.9 Å². The molecule has 0 aromatic heterocycles. The van der Waals surface area contributed by atoms with Crippen LogP contribution in [0.3, 0.4) is 0 Å². The second-order valence-corrected chi connectivity index (χ2v) is 9.05. The van der Waals surface area contributed by atoms with E-state index in [1.165, 1.54) is 0 Å². The molecular formula is C18H36O4. The van der Waals surface area contributed by atoms with E-state index in [4.69, 9.17) is 14.5 Å². The monoisotopic (exact) mass is 316 g/mol. The Hall–Kier alpha value is -0.770. The third-order valence-corrected chi connectivity index (χ3v) is 3.64. The summed E-state index contributed by atoms with van der Waals surface area (Å²) in [4.78, 5) is 21.7. The minimum Gasteiger partial charge on any atom is -0.432 e. The molecular weight excluding hydrogens is 280 g/mol. The van der Waals surface area contributed by atoms with Gasteiger partial charge in [0.15, 0.2) is 0 Å². The molecule has 0 saturated carbocycles. The Balaban J connectivity index is 4.13. The molecule has 0 aromatic rings. The van der Waals surface area contributed by atoms with Crippen LogP contribution in [0, 0.1) is 16.7 Å². The van der Waals surface area contributed by atoms with Gasteiger partial charge < -0.3 is 4.74 Å². The van der Waals surface area contributed by atoms with Crippen LogP contribution in [0.25, 0.3) is 0 Å². The van der Waals surface area contributed by atoms with Crippen molar-refractivity contribution >= 4 is 6.16 Å². The van der Waals surface area contributed by atoms with Gasteiger partial charge in [0.05, 0.1) is 6.61 Å². The molecule has 132 valence electrons. The topological polar surface area (TPSA) is 44.8 Å². The van der Waals surface area contributed by atoms with Crippen molar-refractivity contribution in [2.45, 2.75) is 87.2 Å². The average molecular weight is 316 g/mol. The van der Waals surface area contributed by atoms with Crippen molar-refractivity contribution in [2.24, 2.45) is 16.7 Å². The van der Waals surface area contributed by atoms with Crippen molar-refractivity contribution in [3.63, 3.8) is 0 Å². The highest BCUT2D eigenvalue weighted by Crippen LogP contribution is 2.33. The quantitative estimate of drug-likeness (QED) is 0.325. The highest BCUT2D eigenvalue weighted by atomic mass is 17.2. The summed E-state index contributed by atoms with van der Waals surface area (Å²) in [6.45, 7) is 19.2. The molecule has 0 radical (unpaired) electrons. The van der Waals surface area contributed by atoms with E-state index in [1.807, 2.05) is 13.8 Å². The lowest BCUT2D eigenvalue weighted by Gasteiger charge is -2.32. The lowest BCUT2D eigenvalue weighted by atomic mass is 9.80. The maximum atomic E-state index is 11.6. The smallest absolute Gasteiger partial charge is 0.432 e. The number of hydrogen-bond donors (Lipinski definition) is 0. The highest BCUT2D eigenvalue weighted by Gasteiger charge is 2.31. The summed E-state index contributed by atoms with van der Waals surface area (Å²) in [5.41, 5.74) is -0.176. The summed E-state index contributed by atoms with van der Waals surface area (Å²) in [6.07, 6.45) is 2.05. The molecule has 0 saturated heterocycles. The standard InChI is InChI=1S/C18H36O4/c1-10-17(6,7)13-18(8,9)22-21-15(19)20-12-14(2)11-16(3,4)5/h14H,10-13H2,1-9H3. The molecule has 0 aliphatic carbocycles. The maximum absolute atomic E-state index is 11.6. The molecule has 0 fully saturated rings. The van der Waals surface area contributed by atoms with Gasteiger partial charge in [0.1, 0.15) is 5.60 Å². The molecule has 0 aromatic carbocycles. The number of ether oxygens (including phenoxy) is 1. The van der Waals surface area contributed by atoms with Crippen LogP contribution in [-0.4, -0.2) is 18.4 Å². The van der Waals surface area contributed by atoms with Crippen LogP contribution in [0.2, 0.25) is 0 Å². The average Bonchev–Trinajstić information content (AvgIpc) is 2.31. The summed E-state index contributed by atoms with van der Waals surface area (Å²) in [5, 5.41) is 0. The third kappa shape index (κ3) is 10.9. The minimum atomic E-state index is -0.761. The molecule has 4 heteroatoms. The summed E-state index contributed by atoms with van der Waals surface area (Å²) >= 11 is 0. The van der Waals surface area contributed by atoms with E-state index in [1.54, 1.807) is 0 Å². The van der Waals surface area contributed by atoms with E-state index in [0.29, 0.717) is 12.5 Å².